The van der Waals surface area contributed by atoms with Crippen LogP contribution in [0.5, 0.6) is 0 Å². The van der Waals surface area contributed by atoms with E-state index in [-0.39, 0.29) is 5.41 Å². The number of aromatic nitrogens is 3. The maximum atomic E-state index is 5.92. The predicted molar refractivity (Wildman–Crippen MR) is 66.7 cm³/mol. The molecule has 16 heavy (non-hydrogen) atoms. The van der Waals surface area contributed by atoms with Gasteiger partial charge in [0.05, 0.1) is 0 Å². The average Bonchev–Trinajstić information content (AvgIpc) is 2.42. The molecule has 3 nitrogen and oxygen atoms in total. The first kappa shape index (κ1) is 11.4. The molecule has 0 unspecified atom stereocenters. The Morgan fingerprint density at radius 1 is 1.25 bits per heavy atom. The van der Waals surface area contributed by atoms with Gasteiger partial charge in [-0.1, -0.05) is 32.4 Å². The zero-order valence-electron chi connectivity index (χ0n) is 10.1. The zero-order valence-corrected chi connectivity index (χ0v) is 10.8. The van der Waals surface area contributed by atoms with Crippen LogP contribution in [0.15, 0.2) is 12.1 Å². The van der Waals surface area contributed by atoms with Gasteiger partial charge in [0, 0.05) is 6.54 Å². The van der Waals surface area contributed by atoms with Gasteiger partial charge >= 0.3 is 0 Å². The molecule has 0 aromatic carbocycles. The fourth-order valence-electron chi connectivity index (χ4n) is 1.76. The first-order valence-electron chi connectivity index (χ1n) is 5.36. The number of aryl methyl sites for hydroxylation is 1. The molecule has 0 saturated carbocycles. The summed E-state index contributed by atoms with van der Waals surface area (Å²) in [6.45, 7) is 9.48. The van der Waals surface area contributed by atoms with Crippen molar-refractivity contribution in [2.75, 3.05) is 0 Å². The van der Waals surface area contributed by atoms with Crippen molar-refractivity contribution in [3.05, 3.63) is 23.1 Å². The summed E-state index contributed by atoms with van der Waals surface area (Å²) in [4.78, 5) is 8.83. The molecule has 0 N–H and O–H groups in total. The molecule has 0 atom stereocenters. The topological polar surface area (TPSA) is 30.7 Å². The van der Waals surface area contributed by atoms with Gasteiger partial charge in [-0.05, 0) is 24.5 Å². The van der Waals surface area contributed by atoms with E-state index in [1.54, 1.807) is 6.07 Å². The molecule has 0 aliphatic rings. The number of fused-ring (bicyclic) bond motifs is 1. The second-order valence-corrected chi connectivity index (χ2v) is 5.67. The highest BCUT2D eigenvalue weighted by Crippen LogP contribution is 2.22. The monoisotopic (exact) mass is 237 g/mol. The van der Waals surface area contributed by atoms with Crippen molar-refractivity contribution in [3.8, 4) is 0 Å². The highest BCUT2D eigenvalue weighted by atomic mass is 35.5. The van der Waals surface area contributed by atoms with Crippen molar-refractivity contribution >= 4 is 22.8 Å². The number of hydrogen-bond donors (Lipinski definition) is 0. The summed E-state index contributed by atoms with van der Waals surface area (Å²) < 4.78 is 2.13. The van der Waals surface area contributed by atoms with E-state index in [1.165, 1.54) is 0 Å². The third-order valence-electron chi connectivity index (χ3n) is 2.38. The molecule has 0 saturated heterocycles. The number of rotatable bonds is 1. The maximum Gasteiger partial charge on any atom is 0.161 e. The lowest BCUT2D eigenvalue weighted by atomic mass is 9.97. The maximum absolute atomic E-state index is 5.92. The van der Waals surface area contributed by atoms with Crippen LogP contribution < -0.4 is 0 Å². The number of halogens is 1. The van der Waals surface area contributed by atoms with Crippen LogP contribution in [0, 0.1) is 12.3 Å². The highest BCUT2D eigenvalue weighted by Gasteiger charge is 2.16. The second-order valence-electron chi connectivity index (χ2n) is 5.28. The van der Waals surface area contributed by atoms with E-state index in [9.17, 15) is 0 Å². The quantitative estimate of drug-likeness (QED) is 0.712. The molecule has 0 bridgehead atoms. The van der Waals surface area contributed by atoms with Crippen LogP contribution in [0.25, 0.3) is 11.2 Å². The Kier molecular flexibility index (Phi) is 2.66. The minimum atomic E-state index is 0.197. The summed E-state index contributed by atoms with van der Waals surface area (Å²) in [5.41, 5.74) is 1.98. The molecule has 0 aliphatic heterocycles. The molecular weight excluding hydrogens is 222 g/mol. The van der Waals surface area contributed by atoms with Crippen molar-refractivity contribution in [1.29, 1.82) is 0 Å². The van der Waals surface area contributed by atoms with Crippen LogP contribution in [0.2, 0.25) is 5.15 Å². The summed E-state index contributed by atoms with van der Waals surface area (Å²) in [5, 5.41) is 0.516. The molecule has 0 aliphatic carbocycles. The Morgan fingerprint density at radius 2 is 1.94 bits per heavy atom. The van der Waals surface area contributed by atoms with Gasteiger partial charge < -0.3 is 4.57 Å². The smallest absolute Gasteiger partial charge is 0.161 e. The van der Waals surface area contributed by atoms with Crippen LogP contribution in [0.3, 0.4) is 0 Å². The molecule has 86 valence electrons. The fourth-order valence-corrected chi connectivity index (χ4v) is 1.90. The fraction of sp³-hybridized carbons (Fsp3) is 0.500. The Bertz CT molecular complexity index is 523. The van der Waals surface area contributed by atoms with Crippen LogP contribution >= 0.6 is 11.6 Å². The van der Waals surface area contributed by atoms with Crippen LogP contribution in [-0.4, -0.2) is 14.5 Å². The lowest BCUT2D eigenvalue weighted by molar-refractivity contribution is 0.344. The predicted octanol–water partition coefficient (Wildman–Crippen LogP) is 3.44. The minimum Gasteiger partial charge on any atom is -0.312 e. The molecule has 0 fully saturated rings. The lowest BCUT2D eigenvalue weighted by Gasteiger charge is -2.20. The zero-order chi connectivity index (χ0) is 11.9. The van der Waals surface area contributed by atoms with E-state index < -0.39 is 0 Å². The Balaban J connectivity index is 2.58. The first-order valence-corrected chi connectivity index (χ1v) is 5.74. The summed E-state index contributed by atoms with van der Waals surface area (Å²) in [6.07, 6.45) is 0. The second kappa shape index (κ2) is 3.74. The highest BCUT2D eigenvalue weighted by molar-refractivity contribution is 6.29. The summed E-state index contributed by atoms with van der Waals surface area (Å²) in [6, 6.07) is 3.69. The molecule has 2 heterocycles. The van der Waals surface area contributed by atoms with Crippen molar-refractivity contribution < 1.29 is 0 Å². The summed E-state index contributed by atoms with van der Waals surface area (Å²) >= 11 is 5.92. The molecule has 0 spiro atoms. The van der Waals surface area contributed by atoms with Gasteiger partial charge in [-0.3, -0.25) is 0 Å². The summed E-state index contributed by atoms with van der Waals surface area (Å²) in [7, 11) is 0. The van der Waals surface area contributed by atoms with Crippen LogP contribution in [-0.2, 0) is 6.54 Å². The standard InChI is InChI=1S/C12H16ClN3/c1-8-14-9-5-6-10(13)15-11(9)16(8)7-12(2,3)4/h5-6H,7H2,1-4H3. The number of hydrogen-bond acceptors (Lipinski definition) is 2. The van der Waals surface area contributed by atoms with Crippen molar-refractivity contribution in [1.82, 2.24) is 14.5 Å². The van der Waals surface area contributed by atoms with E-state index in [4.69, 9.17) is 11.6 Å². The molecule has 2 aromatic heterocycles. The van der Waals surface area contributed by atoms with Crippen LogP contribution in [0.4, 0.5) is 0 Å². The largest absolute Gasteiger partial charge is 0.312 e. The van der Waals surface area contributed by atoms with Gasteiger partial charge in [0.15, 0.2) is 5.65 Å². The van der Waals surface area contributed by atoms with Crippen molar-refractivity contribution in [2.45, 2.75) is 34.2 Å². The van der Waals surface area contributed by atoms with Gasteiger partial charge in [0.25, 0.3) is 0 Å². The van der Waals surface area contributed by atoms with Crippen molar-refractivity contribution in [2.24, 2.45) is 5.41 Å². The van der Waals surface area contributed by atoms with Crippen LogP contribution in [0.1, 0.15) is 26.6 Å². The Labute approximate surface area is 100 Å². The molecule has 2 aromatic rings. The van der Waals surface area contributed by atoms with Gasteiger partial charge in [-0.15, -0.1) is 0 Å². The van der Waals surface area contributed by atoms with Crippen molar-refractivity contribution in [3.63, 3.8) is 0 Å². The normalized spacial score (nSPS) is 12.3. The third-order valence-corrected chi connectivity index (χ3v) is 2.59. The molecule has 4 heteroatoms. The van der Waals surface area contributed by atoms with Gasteiger partial charge in [-0.25, -0.2) is 9.97 Å². The van der Waals surface area contributed by atoms with E-state index in [1.807, 2.05) is 13.0 Å². The van der Waals surface area contributed by atoms with E-state index in [0.717, 1.165) is 23.5 Å². The molecule has 0 amide bonds. The van der Waals surface area contributed by atoms with E-state index >= 15 is 0 Å². The Morgan fingerprint density at radius 3 is 2.56 bits per heavy atom. The van der Waals surface area contributed by atoms with Gasteiger partial charge in [0.2, 0.25) is 0 Å². The number of nitrogens with zero attached hydrogens (tertiary/aromatic N) is 3. The van der Waals surface area contributed by atoms with E-state index in [2.05, 4.69) is 35.3 Å². The average molecular weight is 238 g/mol. The number of imidazole rings is 1. The van der Waals surface area contributed by atoms with Gasteiger partial charge in [0.1, 0.15) is 16.5 Å². The molecular formula is C12H16ClN3. The van der Waals surface area contributed by atoms with E-state index in [0.29, 0.717) is 5.15 Å². The SMILES string of the molecule is Cc1nc2ccc(Cl)nc2n1CC(C)(C)C. The number of pyridine rings is 1. The molecule has 2 rings (SSSR count). The lowest BCUT2D eigenvalue weighted by Crippen LogP contribution is -2.16. The minimum absolute atomic E-state index is 0.197. The molecule has 0 radical (unpaired) electrons. The first-order chi connectivity index (χ1) is 7.37. The summed E-state index contributed by atoms with van der Waals surface area (Å²) in [5.74, 6) is 0.986. The third kappa shape index (κ3) is 2.19. The van der Waals surface area contributed by atoms with Gasteiger partial charge in [-0.2, -0.15) is 0 Å². The Hall–Kier alpha value is -1.09.